The minimum absolute atomic E-state index is 0.176. The second-order valence-electron chi connectivity index (χ2n) is 6.55. The van der Waals surface area contributed by atoms with Crippen LogP contribution in [-0.2, 0) is 10.0 Å². The number of aliphatic hydroxyl groups excluding tert-OH is 1. The van der Waals surface area contributed by atoms with E-state index in [0.717, 1.165) is 0 Å². The van der Waals surface area contributed by atoms with Crippen LogP contribution in [0.25, 0.3) is 0 Å². The lowest BCUT2D eigenvalue weighted by molar-refractivity contribution is 0.0840. The molecule has 2 rings (SSSR count). The van der Waals surface area contributed by atoms with Gasteiger partial charge in [-0.05, 0) is 32.4 Å². The van der Waals surface area contributed by atoms with Gasteiger partial charge in [0.1, 0.15) is 0 Å². The number of β-amino-alcohol motifs (C(OH)–C–C–N with tert-alkyl or cyclic N) is 1. The first kappa shape index (κ1) is 20.0. The van der Waals surface area contributed by atoms with E-state index in [1.807, 2.05) is 6.92 Å². The maximum absolute atomic E-state index is 13.2. The number of sulfonamides is 1. The molecule has 0 spiro atoms. The summed E-state index contributed by atoms with van der Waals surface area (Å²) in [6.07, 6.45) is -0.427. The first-order valence-electron chi connectivity index (χ1n) is 8.35. The Morgan fingerprint density at radius 3 is 2.36 bits per heavy atom. The lowest BCUT2D eigenvalue weighted by Gasteiger charge is -2.39. The average molecular weight is 372 g/mol. The van der Waals surface area contributed by atoms with Crippen molar-refractivity contribution in [2.75, 3.05) is 40.4 Å². The summed E-state index contributed by atoms with van der Waals surface area (Å²) in [7, 11) is -0.633. The molecule has 0 aliphatic carbocycles. The topological polar surface area (TPSA) is 79.3 Å². The predicted molar refractivity (Wildman–Crippen MR) is 95.8 cm³/mol. The summed E-state index contributed by atoms with van der Waals surface area (Å²) in [5.74, 6) is 0.904. The Bertz CT molecular complexity index is 705. The van der Waals surface area contributed by atoms with Crippen molar-refractivity contribution in [3.63, 3.8) is 0 Å². The maximum atomic E-state index is 13.2. The van der Waals surface area contributed by atoms with Gasteiger partial charge in [-0.3, -0.25) is 4.90 Å². The largest absolute Gasteiger partial charge is 0.493 e. The third kappa shape index (κ3) is 4.25. The van der Waals surface area contributed by atoms with Crippen molar-refractivity contribution >= 4 is 10.0 Å². The number of nitrogens with zero attached hydrogens (tertiary/aromatic N) is 2. The Morgan fingerprint density at radius 2 is 1.84 bits per heavy atom. The monoisotopic (exact) mass is 372 g/mol. The normalized spacial score (nSPS) is 21.1. The molecule has 0 unspecified atom stereocenters. The van der Waals surface area contributed by atoms with Crippen LogP contribution in [0.5, 0.6) is 11.5 Å². The number of hydrogen-bond donors (Lipinski definition) is 1. The Balaban J connectivity index is 2.30. The molecular formula is C17H28N2O5S. The first-order chi connectivity index (χ1) is 11.7. The van der Waals surface area contributed by atoms with Gasteiger partial charge in [0.05, 0.1) is 25.2 Å². The molecule has 0 radical (unpaired) electrons. The van der Waals surface area contributed by atoms with Gasteiger partial charge in [0, 0.05) is 38.3 Å². The van der Waals surface area contributed by atoms with E-state index in [0.29, 0.717) is 43.2 Å². The summed E-state index contributed by atoms with van der Waals surface area (Å²) >= 11 is 0. The molecule has 0 saturated carbocycles. The standard InChI is InChI=1S/C17H28N2O5S/c1-12-8-15(23-4)16(24-5)9-17(12)25(21,22)19-7-6-18(10-13(19)2)11-14(3)20/h8-9,13-14,20H,6-7,10-11H2,1-5H3/t13-,14+/m0/s1. The van der Waals surface area contributed by atoms with Crippen molar-refractivity contribution in [2.45, 2.75) is 37.8 Å². The Morgan fingerprint density at radius 1 is 1.24 bits per heavy atom. The van der Waals surface area contributed by atoms with Crippen LogP contribution in [0, 0.1) is 6.92 Å². The molecule has 1 aromatic rings. The van der Waals surface area contributed by atoms with E-state index in [4.69, 9.17) is 9.47 Å². The van der Waals surface area contributed by atoms with Gasteiger partial charge in [-0.15, -0.1) is 0 Å². The Kier molecular flexibility index (Phi) is 6.31. The minimum Gasteiger partial charge on any atom is -0.493 e. The van der Waals surface area contributed by atoms with Crippen LogP contribution in [0.1, 0.15) is 19.4 Å². The van der Waals surface area contributed by atoms with Gasteiger partial charge >= 0.3 is 0 Å². The smallest absolute Gasteiger partial charge is 0.243 e. The zero-order chi connectivity index (χ0) is 18.8. The van der Waals surface area contributed by atoms with Gasteiger partial charge in [0.2, 0.25) is 10.0 Å². The zero-order valence-electron chi connectivity index (χ0n) is 15.5. The number of hydrogen-bond acceptors (Lipinski definition) is 6. The Hall–Kier alpha value is -1.35. The number of rotatable bonds is 6. The van der Waals surface area contributed by atoms with Crippen molar-refractivity contribution in [2.24, 2.45) is 0 Å². The third-order valence-corrected chi connectivity index (χ3v) is 6.60. The van der Waals surface area contributed by atoms with Crippen molar-refractivity contribution in [3.8, 4) is 11.5 Å². The molecule has 1 aliphatic heterocycles. The van der Waals surface area contributed by atoms with E-state index in [-0.39, 0.29) is 10.9 Å². The molecule has 25 heavy (non-hydrogen) atoms. The summed E-state index contributed by atoms with van der Waals surface area (Å²) in [5.41, 5.74) is 0.622. The predicted octanol–water partition coefficient (Wildman–Crippen LogP) is 1.09. The van der Waals surface area contributed by atoms with Crippen molar-refractivity contribution in [1.29, 1.82) is 0 Å². The fourth-order valence-electron chi connectivity index (χ4n) is 3.28. The molecule has 0 aromatic heterocycles. The molecule has 0 bridgehead atoms. The lowest BCUT2D eigenvalue weighted by Crippen LogP contribution is -2.54. The summed E-state index contributed by atoms with van der Waals surface area (Å²) < 4.78 is 38.4. The molecule has 0 amide bonds. The molecular weight excluding hydrogens is 344 g/mol. The van der Waals surface area contributed by atoms with E-state index in [1.165, 1.54) is 24.6 Å². The number of piperazine rings is 1. The van der Waals surface area contributed by atoms with E-state index >= 15 is 0 Å². The quantitative estimate of drug-likeness (QED) is 0.805. The second-order valence-corrected chi connectivity index (χ2v) is 8.41. The van der Waals surface area contributed by atoms with Gasteiger partial charge in [-0.25, -0.2) is 8.42 Å². The van der Waals surface area contributed by atoms with Crippen LogP contribution >= 0.6 is 0 Å². The molecule has 8 heteroatoms. The molecule has 1 aromatic carbocycles. The molecule has 1 aliphatic rings. The summed E-state index contributed by atoms with van der Waals surface area (Å²) in [4.78, 5) is 2.32. The van der Waals surface area contributed by atoms with E-state index in [1.54, 1.807) is 19.9 Å². The summed E-state index contributed by atoms with van der Waals surface area (Å²) in [5, 5.41) is 9.54. The van der Waals surface area contributed by atoms with E-state index in [2.05, 4.69) is 4.90 Å². The van der Waals surface area contributed by atoms with Crippen LogP contribution < -0.4 is 9.47 Å². The molecule has 1 heterocycles. The minimum atomic E-state index is -3.64. The summed E-state index contributed by atoms with van der Waals surface area (Å²) in [6.45, 7) is 7.51. The van der Waals surface area contributed by atoms with Crippen molar-refractivity contribution in [1.82, 2.24) is 9.21 Å². The Labute approximate surface area is 150 Å². The molecule has 1 fully saturated rings. The fraction of sp³-hybridized carbons (Fsp3) is 0.647. The van der Waals surface area contributed by atoms with Crippen LogP contribution in [0.2, 0.25) is 0 Å². The SMILES string of the molecule is COc1cc(C)c(S(=O)(=O)N2CCN(C[C@@H](C)O)C[C@@H]2C)cc1OC. The van der Waals surface area contributed by atoms with Gasteiger partial charge in [0.25, 0.3) is 0 Å². The van der Waals surface area contributed by atoms with Crippen molar-refractivity contribution < 1.29 is 23.0 Å². The first-order valence-corrected chi connectivity index (χ1v) is 9.79. The second kappa shape index (κ2) is 7.90. The molecule has 1 N–H and O–H groups in total. The average Bonchev–Trinajstić information content (AvgIpc) is 2.53. The maximum Gasteiger partial charge on any atom is 0.243 e. The number of methoxy groups -OCH3 is 2. The van der Waals surface area contributed by atoms with Crippen molar-refractivity contribution in [3.05, 3.63) is 17.7 Å². The third-order valence-electron chi connectivity index (χ3n) is 4.44. The highest BCUT2D eigenvalue weighted by Gasteiger charge is 2.35. The number of ether oxygens (including phenoxy) is 2. The van der Waals surface area contributed by atoms with Gasteiger partial charge in [0.15, 0.2) is 11.5 Å². The highest BCUT2D eigenvalue weighted by Crippen LogP contribution is 2.34. The zero-order valence-corrected chi connectivity index (χ0v) is 16.3. The van der Waals surface area contributed by atoms with Crippen LogP contribution in [0.4, 0.5) is 0 Å². The molecule has 1 saturated heterocycles. The van der Waals surface area contributed by atoms with Gasteiger partial charge < -0.3 is 14.6 Å². The van der Waals surface area contributed by atoms with Gasteiger partial charge in [-0.2, -0.15) is 4.31 Å². The number of aliphatic hydroxyl groups is 1. The molecule has 2 atom stereocenters. The van der Waals surface area contributed by atoms with Crippen LogP contribution in [0.3, 0.4) is 0 Å². The van der Waals surface area contributed by atoms with E-state index < -0.39 is 16.1 Å². The fourth-order valence-corrected chi connectivity index (χ4v) is 5.12. The van der Waals surface area contributed by atoms with Gasteiger partial charge in [-0.1, -0.05) is 0 Å². The van der Waals surface area contributed by atoms with Crippen LogP contribution in [0.15, 0.2) is 17.0 Å². The summed E-state index contributed by atoms with van der Waals surface area (Å²) in [6, 6.07) is 3.03. The number of aryl methyl sites for hydroxylation is 1. The number of benzene rings is 1. The van der Waals surface area contributed by atoms with E-state index in [9.17, 15) is 13.5 Å². The molecule has 7 nitrogen and oxygen atoms in total. The van der Waals surface area contributed by atoms with Crippen LogP contribution in [-0.4, -0.2) is 75.3 Å². The highest BCUT2D eigenvalue weighted by atomic mass is 32.2. The highest BCUT2D eigenvalue weighted by molar-refractivity contribution is 7.89. The molecule has 142 valence electrons. The lowest BCUT2D eigenvalue weighted by atomic mass is 10.2.